The maximum Gasteiger partial charge on any atom is 0.280 e. The van der Waals surface area contributed by atoms with Gasteiger partial charge in [0.15, 0.2) is 5.82 Å². The fourth-order valence-corrected chi connectivity index (χ4v) is 4.89. The molecule has 1 unspecified atom stereocenters. The van der Waals surface area contributed by atoms with Gasteiger partial charge in [-0.15, -0.1) is 11.8 Å². The molecule has 2 aromatic carbocycles. The lowest BCUT2D eigenvalue weighted by Gasteiger charge is -2.30. The van der Waals surface area contributed by atoms with Gasteiger partial charge < -0.3 is 10.5 Å². The molecule has 168 valence electrons. The summed E-state index contributed by atoms with van der Waals surface area (Å²) in [6, 6.07) is 15.1. The van der Waals surface area contributed by atoms with Gasteiger partial charge in [-0.3, -0.25) is 4.79 Å². The molecule has 0 bridgehead atoms. The summed E-state index contributed by atoms with van der Waals surface area (Å²) < 4.78 is 1.44. The second-order valence-corrected chi connectivity index (χ2v) is 11.0. The number of thioether (sulfide) groups is 1. The fraction of sp³-hybridized carbons (Fsp3) is 0.360. The zero-order chi connectivity index (χ0) is 22.9. The summed E-state index contributed by atoms with van der Waals surface area (Å²) in [4.78, 5) is 19.1. The van der Waals surface area contributed by atoms with E-state index < -0.39 is 11.5 Å². The van der Waals surface area contributed by atoms with Crippen LogP contribution >= 0.6 is 23.4 Å². The lowest BCUT2D eigenvalue weighted by Crippen LogP contribution is -2.41. The Hall–Kier alpha value is -2.28. The van der Waals surface area contributed by atoms with Gasteiger partial charge in [-0.2, -0.15) is 0 Å². The molecule has 0 saturated carbocycles. The third-order valence-electron chi connectivity index (χ3n) is 5.58. The van der Waals surface area contributed by atoms with E-state index >= 15 is 0 Å². The SMILES string of the molecule is CC(C)(C)[C@H](O)c1nc2ccccc2c(=O)n1N[C@H]1C=CC(Sc2ccc(Cl)cc2)CC1. The number of rotatable bonds is 5. The van der Waals surface area contributed by atoms with Crippen LogP contribution in [0.1, 0.15) is 45.5 Å². The van der Waals surface area contributed by atoms with Gasteiger partial charge in [0.25, 0.3) is 5.56 Å². The molecule has 2 N–H and O–H groups in total. The largest absolute Gasteiger partial charge is 0.385 e. The predicted molar refractivity (Wildman–Crippen MR) is 133 cm³/mol. The first-order valence-electron chi connectivity index (χ1n) is 10.8. The van der Waals surface area contributed by atoms with Gasteiger partial charge in [0.05, 0.1) is 16.9 Å². The average Bonchev–Trinajstić information content (AvgIpc) is 2.77. The molecule has 7 heteroatoms. The maximum absolute atomic E-state index is 13.3. The Morgan fingerprint density at radius 2 is 1.84 bits per heavy atom. The topological polar surface area (TPSA) is 67.2 Å². The molecular weight excluding hydrogens is 442 g/mol. The lowest BCUT2D eigenvalue weighted by molar-refractivity contribution is 0.0517. The number of fused-ring (bicyclic) bond motifs is 1. The van der Waals surface area contributed by atoms with Gasteiger partial charge in [0, 0.05) is 15.2 Å². The number of nitrogens with zero attached hydrogens (tertiary/aromatic N) is 2. The zero-order valence-electron chi connectivity index (χ0n) is 18.5. The quantitative estimate of drug-likeness (QED) is 0.479. The Labute approximate surface area is 197 Å². The van der Waals surface area contributed by atoms with E-state index in [1.54, 1.807) is 23.9 Å². The smallest absolute Gasteiger partial charge is 0.280 e. The number of benzene rings is 2. The van der Waals surface area contributed by atoms with Crippen LogP contribution in [0, 0.1) is 5.41 Å². The molecule has 1 aliphatic carbocycles. The van der Waals surface area contributed by atoms with Crippen molar-refractivity contribution in [2.45, 2.75) is 55.9 Å². The molecule has 1 heterocycles. The molecule has 3 aromatic rings. The second-order valence-electron chi connectivity index (χ2n) is 9.20. The number of hydrogen-bond acceptors (Lipinski definition) is 5. The van der Waals surface area contributed by atoms with Crippen LogP contribution in [0.25, 0.3) is 10.9 Å². The molecule has 1 aliphatic rings. The number of hydrogen-bond donors (Lipinski definition) is 2. The normalized spacial score (nSPS) is 19.8. The third kappa shape index (κ3) is 5.03. The van der Waals surface area contributed by atoms with Crippen LogP contribution in [0.15, 0.2) is 70.4 Å². The molecule has 4 rings (SSSR count). The van der Waals surface area contributed by atoms with Crippen molar-refractivity contribution in [1.82, 2.24) is 9.66 Å². The molecular formula is C25H28ClN3O2S. The highest BCUT2D eigenvalue weighted by Gasteiger charge is 2.30. The van der Waals surface area contributed by atoms with E-state index in [9.17, 15) is 9.90 Å². The number of aromatic nitrogens is 2. The summed E-state index contributed by atoms with van der Waals surface area (Å²) in [7, 11) is 0. The molecule has 5 nitrogen and oxygen atoms in total. The van der Waals surface area contributed by atoms with Crippen molar-refractivity contribution in [3.05, 3.63) is 81.9 Å². The van der Waals surface area contributed by atoms with E-state index in [1.807, 2.05) is 57.2 Å². The molecule has 0 saturated heterocycles. The van der Waals surface area contributed by atoms with Crippen molar-refractivity contribution in [1.29, 1.82) is 0 Å². The molecule has 32 heavy (non-hydrogen) atoms. The summed E-state index contributed by atoms with van der Waals surface area (Å²) in [6.07, 6.45) is 5.22. The van der Waals surface area contributed by atoms with E-state index in [2.05, 4.69) is 22.6 Å². The predicted octanol–water partition coefficient (Wildman–Crippen LogP) is 5.55. The van der Waals surface area contributed by atoms with Crippen LogP contribution in [0.5, 0.6) is 0 Å². The highest BCUT2D eigenvalue weighted by Crippen LogP contribution is 2.33. The van der Waals surface area contributed by atoms with Gasteiger partial charge in [-0.05, 0) is 54.7 Å². The van der Waals surface area contributed by atoms with Gasteiger partial charge in [-0.25, -0.2) is 9.66 Å². The van der Waals surface area contributed by atoms with Crippen molar-refractivity contribution in [3.8, 4) is 0 Å². The van der Waals surface area contributed by atoms with E-state index in [0.717, 1.165) is 17.9 Å². The molecule has 3 atom stereocenters. The summed E-state index contributed by atoms with van der Waals surface area (Å²) in [5, 5.41) is 12.6. The van der Waals surface area contributed by atoms with E-state index in [1.165, 1.54) is 9.57 Å². The van der Waals surface area contributed by atoms with Crippen LogP contribution in [0.2, 0.25) is 5.02 Å². The van der Waals surface area contributed by atoms with E-state index in [-0.39, 0.29) is 11.6 Å². The van der Waals surface area contributed by atoms with Crippen molar-refractivity contribution in [3.63, 3.8) is 0 Å². The van der Waals surface area contributed by atoms with Crippen LogP contribution < -0.4 is 11.0 Å². The van der Waals surface area contributed by atoms with Crippen LogP contribution in [0.4, 0.5) is 0 Å². The summed E-state index contributed by atoms with van der Waals surface area (Å²) in [5.74, 6) is 0.340. The monoisotopic (exact) mass is 469 g/mol. The third-order valence-corrected chi connectivity index (χ3v) is 7.07. The highest BCUT2D eigenvalue weighted by molar-refractivity contribution is 8.00. The van der Waals surface area contributed by atoms with E-state index in [0.29, 0.717) is 22.0 Å². The van der Waals surface area contributed by atoms with Crippen LogP contribution in [0.3, 0.4) is 0 Å². The standard InChI is InChI=1S/C25H28ClN3O2S/c1-25(2,3)22(30)23-27-21-7-5-4-6-20(21)24(31)29(23)28-17-10-14-19(15-11-17)32-18-12-8-16(26)9-13-18/h4-10,12-14,17,19,22,28,30H,11,15H2,1-3H3/t17-,19?,22+/m0/s1. The molecule has 0 radical (unpaired) electrons. The Balaban J connectivity index is 1.59. The van der Waals surface area contributed by atoms with Crippen molar-refractivity contribution < 1.29 is 5.11 Å². The number of aliphatic hydroxyl groups is 1. The second kappa shape index (κ2) is 9.30. The van der Waals surface area contributed by atoms with Gasteiger partial charge >= 0.3 is 0 Å². The summed E-state index contributed by atoms with van der Waals surface area (Å²) >= 11 is 7.78. The lowest BCUT2D eigenvalue weighted by atomic mass is 9.88. The van der Waals surface area contributed by atoms with Crippen LogP contribution in [-0.4, -0.2) is 26.1 Å². The van der Waals surface area contributed by atoms with Crippen molar-refractivity contribution in [2.75, 3.05) is 5.43 Å². The molecule has 0 amide bonds. The van der Waals surface area contributed by atoms with Crippen molar-refractivity contribution in [2.24, 2.45) is 5.41 Å². The minimum absolute atomic E-state index is 0.0244. The summed E-state index contributed by atoms with van der Waals surface area (Å²) in [6.45, 7) is 5.80. The minimum atomic E-state index is -0.895. The molecule has 0 fully saturated rings. The maximum atomic E-state index is 13.3. The molecule has 1 aromatic heterocycles. The fourth-order valence-electron chi connectivity index (χ4n) is 3.70. The average molecular weight is 470 g/mol. The zero-order valence-corrected chi connectivity index (χ0v) is 20.0. The number of nitrogens with one attached hydrogen (secondary N) is 1. The minimum Gasteiger partial charge on any atom is -0.385 e. The Morgan fingerprint density at radius 3 is 2.50 bits per heavy atom. The van der Waals surface area contributed by atoms with Crippen molar-refractivity contribution >= 4 is 34.3 Å². The number of halogens is 1. The van der Waals surface area contributed by atoms with Gasteiger partial charge in [-0.1, -0.05) is 56.7 Å². The Morgan fingerprint density at radius 1 is 1.12 bits per heavy atom. The first-order chi connectivity index (χ1) is 15.2. The van der Waals surface area contributed by atoms with Gasteiger partial charge in [0.2, 0.25) is 0 Å². The molecule has 0 spiro atoms. The summed E-state index contributed by atoms with van der Waals surface area (Å²) in [5.41, 5.74) is 3.25. The number of aliphatic hydroxyl groups excluding tert-OH is 1. The van der Waals surface area contributed by atoms with Gasteiger partial charge in [0.1, 0.15) is 6.10 Å². The highest BCUT2D eigenvalue weighted by atomic mass is 35.5. The van der Waals surface area contributed by atoms with E-state index in [4.69, 9.17) is 11.6 Å². The first-order valence-corrected chi connectivity index (χ1v) is 12.0. The Kier molecular flexibility index (Phi) is 6.65. The Bertz CT molecular complexity index is 1180. The number of para-hydroxylation sites is 1. The first kappa shape index (κ1) is 22.9. The molecule has 0 aliphatic heterocycles. The van der Waals surface area contributed by atoms with Crippen LogP contribution in [-0.2, 0) is 0 Å².